The monoisotopic (exact) mass is 560 g/mol. The van der Waals surface area contributed by atoms with E-state index in [0.29, 0.717) is 27.9 Å². The van der Waals surface area contributed by atoms with Crippen LogP contribution < -0.4 is 10.6 Å². The van der Waals surface area contributed by atoms with Crippen molar-refractivity contribution >= 4 is 40.9 Å². The third kappa shape index (κ3) is 9.98. The van der Waals surface area contributed by atoms with Crippen molar-refractivity contribution in [2.45, 2.75) is 51.7 Å². The minimum Gasteiger partial charge on any atom is -0.475 e. The van der Waals surface area contributed by atoms with Gasteiger partial charge in [0.2, 0.25) is 5.91 Å². The van der Waals surface area contributed by atoms with Crippen molar-refractivity contribution in [1.29, 1.82) is 0 Å². The molecule has 6 nitrogen and oxygen atoms in total. The van der Waals surface area contributed by atoms with Crippen LogP contribution in [0.2, 0.25) is 10.0 Å². The molecule has 0 spiro atoms. The van der Waals surface area contributed by atoms with Gasteiger partial charge in [-0.05, 0) is 75.0 Å². The molecule has 1 heterocycles. The van der Waals surface area contributed by atoms with Crippen molar-refractivity contribution in [2.24, 2.45) is 5.92 Å². The van der Waals surface area contributed by atoms with Crippen LogP contribution in [0.3, 0.4) is 0 Å². The Kier molecular flexibility index (Phi) is 11.4. The molecular weight excluding hydrogens is 532 g/mol. The molecule has 1 amide bonds. The summed E-state index contributed by atoms with van der Waals surface area (Å²) in [5.74, 6) is -2.49. The summed E-state index contributed by atoms with van der Waals surface area (Å²) in [5.41, 5.74) is 3.73. The van der Waals surface area contributed by atoms with Crippen molar-refractivity contribution in [2.75, 3.05) is 13.1 Å². The van der Waals surface area contributed by atoms with Crippen LogP contribution in [0.4, 0.5) is 13.2 Å². The molecule has 1 aliphatic rings. The van der Waals surface area contributed by atoms with Gasteiger partial charge in [0.15, 0.2) is 5.78 Å². The van der Waals surface area contributed by atoms with Gasteiger partial charge in [-0.3, -0.25) is 9.59 Å². The Hall–Kier alpha value is -2.62. The standard InChI is InChI=1S/C24H28Cl2N2O2.C2HF3O2/c1-15-3-4-16(2)19(11-15)23(29)7-8-24(30)28-22(18-9-10-27-14-18)13-17-5-6-20(25)21(26)12-17;3-2(4,5)1(6)7/h3-6,11-12,18,22,27H,7-10,13-14H2,1-2H3,(H,28,30);(H,6,7). The van der Waals surface area contributed by atoms with Crippen molar-refractivity contribution in [1.82, 2.24) is 10.6 Å². The number of rotatable bonds is 8. The molecule has 2 aromatic carbocycles. The molecule has 1 aliphatic heterocycles. The number of ketones is 1. The zero-order valence-corrected chi connectivity index (χ0v) is 21.9. The van der Waals surface area contributed by atoms with Crippen molar-refractivity contribution in [3.8, 4) is 0 Å². The number of aryl methyl sites for hydroxylation is 2. The second kappa shape index (κ2) is 13.8. The van der Waals surface area contributed by atoms with E-state index in [4.69, 9.17) is 33.1 Å². The largest absolute Gasteiger partial charge is 0.490 e. The average Bonchev–Trinajstić information content (AvgIpc) is 3.36. The minimum atomic E-state index is -5.08. The smallest absolute Gasteiger partial charge is 0.475 e. The number of hydrogen-bond donors (Lipinski definition) is 3. The van der Waals surface area contributed by atoms with Gasteiger partial charge in [0.05, 0.1) is 10.0 Å². The van der Waals surface area contributed by atoms with Gasteiger partial charge < -0.3 is 15.7 Å². The van der Waals surface area contributed by atoms with Gasteiger partial charge in [0, 0.05) is 24.4 Å². The first-order chi connectivity index (χ1) is 17.3. The molecule has 2 unspecified atom stereocenters. The Morgan fingerprint density at radius 1 is 1.08 bits per heavy atom. The number of nitrogens with one attached hydrogen (secondary N) is 2. The van der Waals surface area contributed by atoms with Crippen LogP contribution in [0.1, 0.15) is 46.3 Å². The van der Waals surface area contributed by atoms with Crippen molar-refractivity contribution in [3.05, 3.63) is 68.7 Å². The summed E-state index contributed by atoms with van der Waals surface area (Å²) in [5, 5.41) is 14.7. The van der Waals surface area contributed by atoms with E-state index in [9.17, 15) is 22.8 Å². The first-order valence-corrected chi connectivity index (χ1v) is 12.4. The number of benzene rings is 2. The highest BCUT2D eigenvalue weighted by atomic mass is 35.5. The molecule has 2 atom stereocenters. The fraction of sp³-hybridized carbons (Fsp3) is 0.423. The summed E-state index contributed by atoms with van der Waals surface area (Å²) in [6.45, 7) is 5.70. The molecule has 3 rings (SSSR count). The number of alkyl halides is 3. The van der Waals surface area contributed by atoms with E-state index in [1.807, 2.05) is 44.2 Å². The predicted molar refractivity (Wildman–Crippen MR) is 136 cm³/mol. The van der Waals surface area contributed by atoms with Crippen LogP contribution in [0.15, 0.2) is 36.4 Å². The van der Waals surface area contributed by atoms with Crippen LogP contribution in [-0.4, -0.2) is 48.1 Å². The number of carbonyl (C=O) groups excluding carboxylic acids is 2. The van der Waals surface area contributed by atoms with Crippen LogP contribution in [0.5, 0.6) is 0 Å². The van der Waals surface area contributed by atoms with Crippen molar-refractivity contribution in [3.63, 3.8) is 0 Å². The fourth-order valence-electron chi connectivity index (χ4n) is 3.95. The Bertz CT molecular complexity index is 1120. The lowest BCUT2D eigenvalue weighted by atomic mass is 9.92. The maximum Gasteiger partial charge on any atom is 0.490 e. The number of carboxylic acids is 1. The highest BCUT2D eigenvalue weighted by Gasteiger charge is 2.38. The lowest BCUT2D eigenvalue weighted by molar-refractivity contribution is -0.192. The van der Waals surface area contributed by atoms with Gasteiger partial charge in [-0.1, -0.05) is 47.0 Å². The van der Waals surface area contributed by atoms with Gasteiger partial charge >= 0.3 is 12.1 Å². The summed E-state index contributed by atoms with van der Waals surface area (Å²) in [6.07, 6.45) is -3.00. The SMILES string of the molecule is Cc1ccc(C)c(C(=O)CCC(=O)NC(Cc2ccc(Cl)c(Cl)c2)C2CCNC2)c1.O=C(O)C(F)(F)F. The molecular formula is C26H29Cl2F3N2O4. The Balaban J connectivity index is 0.000000604. The first-order valence-electron chi connectivity index (χ1n) is 11.6. The molecule has 3 N–H and O–H groups in total. The number of carbonyl (C=O) groups is 3. The molecule has 1 saturated heterocycles. The van der Waals surface area contributed by atoms with E-state index < -0.39 is 12.1 Å². The highest BCUT2D eigenvalue weighted by Crippen LogP contribution is 2.25. The third-order valence-corrected chi connectivity index (χ3v) is 6.71. The molecule has 0 bridgehead atoms. The summed E-state index contributed by atoms with van der Waals surface area (Å²) in [7, 11) is 0. The Morgan fingerprint density at radius 2 is 1.76 bits per heavy atom. The second-order valence-corrected chi connectivity index (χ2v) is 9.74. The second-order valence-electron chi connectivity index (χ2n) is 8.92. The summed E-state index contributed by atoms with van der Waals surface area (Å²) in [4.78, 5) is 34.2. The van der Waals surface area contributed by atoms with E-state index in [2.05, 4.69) is 10.6 Å². The molecule has 0 radical (unpaired) electrons. The van der Waals surface area contributed by atoms with Gasteiger partial charge in [-0.25, -0.2) is 4.79 Å². The van der Waals surface area contributed by atoms with Gasteiger partial charge in [0.25, 0.3) is 0 Å². The lowest BCUT2D eigenvalue weighted by Crippen LogP contribution is -2.42. The maximum atomic E-state index is 12.7. The first kappa shape index (κ1) is 30.6. The predicted octanol–water partition coefficient (Wildman–Crippen LogP) is 5.54. The topological polar surface area (TPSA) is 95.5 Å². The minimum absolute atomic E-state index is 0.00918. The van der Waals surface area contributed by atoms with E-state index in [1.165, 1.54) is 0 Å². The number of hydrogen-bond acceptors (Lipinski definition) is 4. The average molecular weight is 561 g/mol. The lowest BCUT2D eigenvalue weighted by Gasteiger charge is -2.25. The summed E-state index contributed by atoms with van der Waals surface area (Å²) in [6, 6.07) is 11.4. The van der Waals surface area contributed by atoms with Crippen molar-refractivity contribution < 1.29 is 32.7 Å². The van der Waals surface area contributed by atoms with E-state index in [-0.39, 0.29) is 30.6 Å². The quantitative estimate of drug-likeness (QED) is 0.368. The van der Waals surface area contributed by atoms with Crippen LogP contribution >= 0.6 is 23.2 Å². The molecule has 202 valence electrons. The molecule has 0 aromatic heterocycles. The molecule has 2 aromatic rings. The van der Waals surface area contributed by atoms with Crippen LogP contribution in [0.25, 0.3) is 0 Å². The van der Waals surface area contributed by atoms with E-state index in [1.54, 1.807) is 6.07 Å². The molecule has 0 aliphatic carbocycles. The highest BCUT2D eigenvalue weighted by molar-refractivity contribution is 6.42. The molecule has 0 saturated carbocycles. The Labute approximate surface area is 223 Å². The number of amides is 1. The number of aliphatic carboxylic acids is 1. The Morgan fingerprint density at radius 3 is 2.32 bits per heavy atom. The van der Waals surface area contributed by atoms with Crippen LogP contribution in [-0.2, 0) is 16.0 Å². The summed E-state index contributed by atoms with van der Waals surface area (Å²) < 4.78 is 31.7. The zero-order chi connectivity index (χ0) is 27.8. The molecule has 37 heavy (non-hydrogen) atoms. The van der Waals surface area contributed by atoms with Crippen LogP contribution in [0, 0.1) is 19.8 Å². The maximum absolute atomic E-state index is 12.7. The third-order valence-electron chi connectivity index (χ3n) is 5.97. The zero-order valence-electron chi connectivity index (χ0n) is 20.4. The summed E-state index contributed by atoms with van der Waals surface area (Å²) >= 11 is 12.2. The van der Waals surface area contributed by atoms with E-state index >= 15 is 0 Å². The number of Topliss-reactive ketones (excluding diaryl/α,β-unsaturated/α-hetero) is 1. The molecule has 11 heteroatoms. The number of carboxylic acid groups (broad SMARTS) is 1. The molecule has 1 fully saturated rings. The van der Waals surface area contributed by atoms with Gasteiger partial charge in [-0.15, -0.1) is 0 Å². The number of halogens is 5. The van der Waals surface area contributed by atoms with E-state index in [0.717, 1.165) is 36.2 Å². The van der Waals surface area contributed by atoms with Gasteiger partial charge in [-0.2, -0.15) is 13.2 Å². The van der Waals surface area contributed by atoms with Gasteiger partial charge in [0.1, 0.15) is 0 Å². The fourth-order valence-corrected chi connectivity index (χ4v) is 4.27. The normalized spacial score (nSPS) is 15.9.